The lowest BCUT2D eigenvalue weighted by Crippen LogP contribution is -2.38. The van der Waals surface area contributed by atoms with Crippen molar-refractivity contribution in [2.75, 3.05) is 24.3 Å². The van der Waals surface area contributed by atoms with Gasteiger partial charge in [0.2, 0.25) is 0 Å². The van der Waals surface area contributed by atoms with Gasteiger partial charge in [0.15, 0.2) is 15.5 Å². The number of nitrogen functional groups attached to an aromatic ring is 1. The summed E-state index contributed by atoms with van der Waals surface area (Å²) in [5, 5.41) is 6.75. The first-order valence-corrected chi connectivity index (χ1v) is 8.36. The van der Waals surface area contributed by atoms with E-state index >= 15 is 0 Å². The first-order chi connectivity index (χ1) is 9.23. The first-order valence-electron chi connectivity index (χ1n) is 6.54. The molecule has 20 heavy (non-hydrogen) atoms. The van der Waals surface area contributed by atoms with Crippen molar-refractivity contribution in [1.29, 1.82) is 0 Å². The van der Waals surface area contributed by atoms with Gasteiger partial charge in [0.25, 0.3) is 5.91 Å². The van der Waals surface area contributed by atoms with Gasteiger partial charge in [-0.25, -0.2) is 8.42 Å². The second-order valence-electron chi connectivity index (χ2n) is 5.53. The lowest BCUT2D eigenvalue weighted by atomic mass is 10.1. The summed E-state index contributed by atoms with van der Waals surface area (Å²) in [5.41, 5.74) is 7.17. The number of amides is 1. The van der Waals surface area contributed by atoms with Crippen molar-refractivity contribution >= 4 is 21.4 Å². The van der Waals surface area contributed by atoms with Crippen molar-refractivity contribution in [1.82, 2.24) is 15.1 Å². The van der Waals surface area contributed by atoms with Crippen molar-refractivity contribution in [2.24, 2.45) is 0 Å². The summed E-state index contributed by atoms with van der Waals surface area (Å²) in [5.74, 6) is -0.0620. The molecule has 0 aromatic carbocycles. The van der Waals surface area contributed by atoms with Crippen LogP contribution in [0.2, 0.25) is 0 Å². The molecule has 0 saturated carbocycles. The molecule has 1 aliphatic rings. The average molecular weight is 300 g/mol. The molecule has 8 heteroatoms. The molecule has 1 amide bonds. The molecule has 0 spiro atoms. The number of nitrogens with two attached hydrogens (primary N) is 1. The topological polar surface area (TPSA) is 109 Å². The minimum Gasteiger partial charge on any atom is -0.395 e. The molecule has 1 aliphatic heterocycles. The molecule has 1 fully saturated rings. The van der Waals surface area contributed by atoms with Crippen LogP contribution in [0.15, 0.2) is 0 Å². The number of hydrogen-bond acceptors (Lipinski definition) is 5. The Kier molecular flexibility index (Phi) is 3.77. The van der Waals surface area contributed by atoms with E-state index in [1.54, 1.807) is 7.05 Å². The van der Waals surface area contributed by atoms with Gasteiger partial charge >= 0.3 is 0 Å². The first kappa shape index (κ1) is 14.8. The van der Waals surface area contributed by atoms with Crippen LogP contribution in [0, 0.1) is 0 Å². The third-order valence-electron chi connectivity index (χ3n) is 3.69. The number of carbonyl (C=O) groups is 1. The van der Waals surface area contributed by atoms with Crippen LogP contribution in [-0.4, -0.2) is 54.0 Å². The van der Waals surface area contributed by atoms with Crippen molar-refractivity contribution in [3.63, 3.8) is 0 Å². The highest BCUT2D eigenvalue weighted by molar-refractivity contribution is 7.91. The van der Waals surface area contributed by atoms with Gasteiger partial charge in [0.1, 0.15) is 0 Å². The lowest BCUT2D eigenvalue weighted by Gasteiger charge is -2.22. The minimum absolute atomic E-state index is 0.0105. The fraction of sp³-hybridized carbons (Fsp3) is 0.667. The minimum atomic E-state index is -3.03. The molecule has 0 aliphatic carbocycles. The Morgan fingerprint density at radius 1 is 1.50 bits per heavy atom. The van der Waals surface area contributed by atoms with E-state index in [-0.39, 0.29) is 35.1 Å². The summed E-state index contributed by atoms with van der Waals surface area (Å²) < 4.78 is 23.0. The normalized spacial score (nSPS) is 21.3. The van der Waals surface area contributed by atoms with Crippen LogP contribution < -0.4 is 5.73 Å². The summed E-state index contributed by atoms with van der Waals surface area (Å²) >= 11 is 0. The van der Waals surface area contributed by atoms with Crippen molar-refractivity contribution in [2.45, 2.75) is 32.2 Å². The highest BCUT2D eigenvalue weighted by Crippen LogP contribution is 2.24. The van der Waals surface area contributed by atoms with E-state index in [4.69, 9.17) is 5.73 Å². The number of hydrogen-bond donors (Lipinski definition) is 2. The van der Waals surface area contributed by atoms with Gasteiger partial charge in [-0.2, -0.15) is 5.10 Å². The predicted octanol–water partition coefficient (Wildman–Crippen LogP) is 0.374. The monoisotopic (exact) mass is 300 g/mol. The Bertz CT molecular complexity index is 621. The Hall–Kier alpha value is -1.57. The molecule has 112 valence electrons. The number of aromatic nitrogens is 2. The number of nitrogens with zero attached hydrogens (tertiary/aromatic N) is 2. The van der Waals surface area contributed by atoms with Crippen LogP contribution in [0.25, 0.3) is 0 Å². The SMILES string of the molecule is CC(C)c1[nH]nc(C(=O)N(C)C2CCS(=O)(=O)C2)c1N. The van der Waals surface area contributed by atoms with Gasteiger partial charge in [-0.1, -0.05) is 13.8 Å². The smallest absolute Gasteiger partial charge is 0.276 e. The summed E-state index contributed by atoms with van der Waals surface area (Å²) in [6, 6.07) is -0.300. The van der Waals surface area contributed by atoms with E-state index in [0.29, 0.717) is 12.1 Å². The number of H-pyrrole nitrogens is 1. The van der Waals surface area contributed by atoms with Crippen molar-refractivity contribution in [3.05, 3.63) is 11.4 Å². The molecule has 2 heterocycles. The Balaban J connectivity index is 2.20. The third-order valence-corrected chi connectivity index (χ3v) is 5.44. The van der Waals surface area contributed by atoms with Gasteiger partial charge in [-0.05, 0) is 12.3 Å². The highest BCUT2D eigenvalue weighted by Gasteiger charge is 2.34. The van der Waals surface area contributed by atoms with Crippen LogP contribution in [0.3, 0.4) is 0 Å². The molecular formula is C12H20N4O3S. The number of rotatable bonds is 3. The van der Waals surface area contributed by atoms with Gasteiger partial charge in [-0.15, -0.1) is 0 Å². The fourth-order valence-corrected chi connectivity index (χ4v) is 4.16. The molecule has 2 rings (SSSR count). The molecule has 1 aromatic heterocycles. The van der Waals surface area contributed by atoms with Crippen LogP contribution >= 0.6 is 0 Å². The lowest BCUT2D eigenvalue weighted by molar-refractivity contribution is 0.0743. The molecule has 1 aromatic rings. The molecule has 3 N–H and O–H groups in total. The molecule has 1 saturated heterocycles. The van der Waals surface area contributed by atoms with E-state index < -0.39 is 9.84 Å². The molecule has 7 nitrogen and oxygen atoms in total. The largest absolute Gasteiger partial charge is 0.395 e. The molecule has 0 radical (unpaired) electrons. The third kappa shape index (κ3) is 2.65. The Morgan fingerprint density at radius 3 is 2.60 bits per heavy atom. The van der Waals surface area contributed by atoms with E-state index in [0.717, 1.165) is 5.69 Å². The van der Waals surface area contributed by atoms with Crippen LogP contribution in [-0.2, 0) is 9.84 Å². The number of anilines is 1. The van der Waals surface area contributed by atoms with Gasteiger partial charge < -0.3 is 10.6 Å². The van der Waals surface area contributed by atoms with E-state index in [2.05, 4.69) is 10.2 Å². The van der Waals surface area contributed by atoms with Gasteiger partial charge in [0, 0.05) is 13.1 Å². The van der Waals surface area contributed by atoms with Gasteiger partial charge in [-0.3, -0.25) is 9.89 Å². The average Bonchev–Trinajstić information content (AvgIpc) is 2.90. The number of nitrogens with one attached hydrogen (secondary N) is 1. The zero-order valence-corrected chi connectivity index (χ0v) is 12.7. The summed E-state index contributed by atoms with van der Waals surface area (Å²) in [7, 11) is -1.43. The zero-order chi connectivity index (χ0) is 15.1. The number of carbonyl (C=O) groups excluding carboxylic acids is 1. The Labute approximate surface area is 118 Å². The predicted molar refractivity (Wildman–Crippen MR) is 76.2 cm³/mol. The van der Waals surface area contributed by atoms with E-state index in [1.807, 2.05) is 13.8 Å². The molecular weight excluding hydrogens is 280 g/mol. The van der Waals surface area contributed by atoms with E-state index in [1.165, 1.54) is 4.90 Å². The second-order valence-corrected chi connectivity index (χ2v) is 7.76. The van der Waals surface area contributed by atoms with Crippen LogP contribution in [0.4, 0.5) is 5.69 Å². The Morgan fingerprint density at radius 2 is 2.15 bits per heavy atom. The fourth-order valence-electron chi connectivity index (χ4n) is 2.38. The number of aromatic amines is 1. The summed E-state index contributed by atoms with van der Waals surface area (Å²) in [4.78, 5) is 13.8. The quantitative estimate of drug-likeness (QED) is 0.838. The molecule has 0 bridgehead atoms. The highest BCUT2D eigenvalue weighted by atomic mass is 32.2. The van der Waals surface area contributed by atoms with Gasteiger partial charge in [0.05, 0.1) is 22.9 Å². The zero-order valence-electron chi connectivity index (χ0n) is 11.9. The maximum atomic E-state index is 12.4. The molecule has 1 atom stereocenters. The summed E-state index contributed by atoms with van der Waals surface area (Å²) in [6.07, 6.45) is 0.464. The van der Waals surface area contributed by atoms with Crippen LogP contribution in [0.1, 0.15) is 42.4 Å². The molecule has 1 unspecified atom stereocenters. The number of sulfone groups is 1. The van der Waals surface area contributed by atoms with E-state index in [9.17, 15) is 13.2 Å². The second kappa shape index (κ2) is 5.08. The van der Waals surface area contributed by atoms with Crippen LogP contribution in [0.5, 0.6) is 0 Å². The maximum absolute atomic E-state index is 12.4. The van der Waals surface area contributed by atoms with Crippen molar-refractivity contribution < 1.29 is 13.2 Å². The summed E-state index contributed by atoms with van der Waals surface area (Å²) in [6.45, 7) is 3.90. The maximum Gasteiger partial charge on any atom is 0.276 e. The van der Waals surface area contributed by atoms with Crippen molar-refractivity contribution in [3.8, 4) is 0 Å². The standard InChI is InChI=1S/C12H20N4O3S/c1-7(2)10-9(13)11(15-14-10)12(17)16(3)8-4-5-20(18,19)6-8/h7-8H,4-6,13H2,1-3H3,(H,14,15).